The molecule has 1 aliphatic rings. The molecule has 0 radical (unpaired) electrons. The lowest BCUT2D eigenvalue weighted by Gasteiger charge is -2.33. The van der Waals surface area contributed by atoms with E-state index in [9.17, 15) is 4.79 Å². The van der Waals surface area contributed by atoms with E-state index in [1.54, 1.807) is 12.4 Å². The van der Waals surface area contributed by atoms with Crippen molar-refractivity contribution in [1.82, 2.24) is 24.2 Å². The zero-order valence-electron chi connectivity index (χ0n) is 12.1. The Balaban J connectivity index is 1.48. The molecule has 0 bridgehead atoms. The van der Waals surface area contributed by atoms with Gasteiger partial charge in [0, 0.05) is 50.8 Å². The standard InChI is InChI=1S/C15H21N5O/c21-15(5-2-9-20-10-3-6-17-20)18-8-1-4-14(12-18)19-11-7-16-13-19/h3,6-7,10-11,13-14H,1-2,4-5,8-9,12H2. The van der Waals surface area contributed by atoms with Crippen LogP contribution in [0.1, 0.15) is 31.7 Å². The number of carbonyl (C=O) groups excluding carboxylic acids is 1. The summed E-state index contributed by atoms with van der Waals surface area (Å²) in [6.45, 7) is 2.49. The van der Waals surface area contributed by atoms with Gasteiger partial charge >= 0.3 is 0 Å². The van der Waals surface area contributed by atoms with Crippen molar-refractivity contribution >= 4 is 5.91 Å². The first-order chi connectivity index (χ1) is 10.3. The van der Waals surface area contributed by atoms with Crippen molar-refractivity contribution in [2.45, 2.75) is 38.3 Å². The normalized spacial score (nSPS) is 18.9. The largest absolute Gasteiger partial charge is 0.341 e. The van der Waals surface area contributed by atoms with Gasteiger partial charge < -0.3 is 9.47 Å². The van der Waals surface area contributed by atoms with E-state index in [2.05, 4.69) is 14.6 Å². The molecular weight excluding hydrogens is 266 g/mol. The summed E-state index contributed by atoms with van der Waals surface area (Å²) in [7, 11) is 0. The average Bonchev–Trinajstić information content (AvgIpc) is 3.21. The topological polar surface area (TPSA) is 56.0 Å². The lowest BCUT2D eigenvalue weighted by molar-refractivity contribution is -0.133. The number of hydrogen-bond acceptors (Lipinski definition) is 3. The molecule has 1 saturated heterocycles. The monoisotopic (exact) mass is 287 g/mol. The zero-order chi connectivity index (χ0) is 14.5. The summed E-state index contributed by atoms with van der Waals surface area (Å²) in [6.07, 6.45) is 12.9. The summed E-state index contributed by atoms with van der Waals surface area (Å²) >= 11 is 0. The molecule has 0 spiro atoms. The minimum absolute atomic E-state index is 0.256. The highest BCUT2D eigenvalue weighted by molar-refractivity contribution is 5.76. The molecule has 0 saturated carbocycles. The molecule has 3 heterocycles. The van der Waals surface area contributed by atoms with Crippen LogP contribution in [-0.2, 0) is 11.3 Å². The number of nitrogens with zero attached hydrogens (tertiary/aromatic N) is 5. The lowest BCUT2D eigenvalue weighted by atomic mass is 10.0. The van der Waals surface area contributed by atoms with Crippen LogP contribution in [0.25, 0.3) is 0 Å². The molecule has 112 valence electrons. The fourth-order valence-corrected chi connectivity index (χ4v) is 2.89. The van der Waals surface area contributed by atoms with Crippen molar-refractivity contribution in [3.05, 3.63) is 37.2 Å². The number of likely N-dealkylation sites (tertiary alicyclic amines) is 1. The third-order valence-electron chi connectivity index (χ3n) is 4.03. The molecule has 1 fully saturated rings. The Morgan fingerprint density at radius 2 is 2.24 bits per heavy atom. The third-order valence-corrected chi connectivity index (χ3v) is 4.03. The van der Waals surface area contributed by atoms with Gasteiger partial charge in [-0.3, -0.25) is 9.48 Å². The molecule has 1 unspecified atom stereocenters. The van der Waals surface area contributed by atoms with Crippen molar-refractivity contribution in [2.24, 2.45) is 0 Å². The molecule has 2 aromatic heterocycles. The number of carbonyl (C=O) groups is 1. The number of imidazole rings is 1. The van der Waals surface area contributed by atoms with E-state index in [0.717, 1.165) is 38.9 Å². The van der Waals surface area contributed by atoms with Gasteiger partial charge in [-0.2, -0.15) is 5.10 Å². The van der Waals surface area contributed by atoms with Gasteiger partial charge in [0.25, 0.3) is 0 Å². The van der Waals surface area contributed by atoms with Gasteiger partial charge in [-0.25, -0.2) is 4.98 Å². The molecule has 1 amide bonds. The number of rotatable bonds is 5. The Bertz CT molecular complexity index is 549. The molecule has 21 heavy (non-hydrogen) atoms. The number of aryl methyl sites for hydroxylation is 1. The first-order valence-electron chi connectivity index (χ1n) is 7.55. The maximum Gasteiger partial charge on any atom is 0.222 e. The van der Waals surface area contributed by atoms with Crippen molar-refractivity contribution in [3.8, 4) is 0 Å². The van der Waals surface area contributed by atoms with E-state index in [4.69, 9.17) is 0 Å². The van der Waals surface area contributed by atoms with Crippen molar-refractivity contribution < 1.29 is 4.79 Å². The van der Waals surface area contributed by atoms with Crippen LogP contribution in [0.3, 0.4) is 0 Å². The Labute approximate surface area is 124 Å². The smallest absolute Gasteiger partial charge is 0.222 e. The molecule has 0 aromatic carbocycles. The van der Waals surface area contributed by atoms with Crippen molar-refractivity contribution in [2.75, 3.05) is 13.1 Å². The second-order valence-electron chi connectivity index (χ2n) is 5.52. The molecule has 0 aliphatic carbocycles. The number of piperidine rings is 1. The quantitative estimate of drug-likeness (QED) is 0.841. The summed E-state index contributed by atoms with van der Waals surface area (Å²) in [6, 6.07) is 2.28. The average molecular weight is 287 g/mol. The molecule has 6 nitrogen and oxygen atoms in total. The maximum absolute atomic E-state index is 12.3. The van der Waals surface area contributed by atoms with Crippen LogP contribution in [0, 0.1) is 0 Å². The predicted octanol–water partition coefficient (Wildman–Crippen LogP) is 1.72. The first kappa shape index (κ1) is 13.9. The van der Waals surface area contributed by atoms with E-state index in [1.807, 2.05) is 34.4 Å². The second kappa shape index (κ2) is 6.56. The van der Waals surface area contributed by atoms with Crippen LogP contribution in [0.5, 0.6) is 0 Å². The van der Waals surface area contributed by atoms with Crippen LogP contribution >= 0.6 is 0 Å². The molecule has 1 atom stereocenters. The highest BCUT2D eigenvalue weighted by Crippen LogP contribution is 2.21. The van der Waals surface area contributed by atoms with Gasteiger partial charge in [-0.05, 0) is 25.3 Å². The van der Waals surface area contributed by atoms with Gasteiger partial charge in [-0.15, -0.1) is 0 Å². The van der Waals surface area contributed by atoms with Crippen molar-refractivity contribution in [3.63, 3.8) is 0 Å². The Hall–Kier alpha value is -2.11. The Morgan fingerprint density at radius 1 is 1.29 bits per heavy atom. The van der Waals surface area contributed by atoms with Crippen molar-refractivity contribution in [1.29, 1.82) is 0 Å². The molecular formula is C15H21N5O. The van der Waals surface area contributed by atoms with E-state index >= 15 is 0 Å². The van der Waals surface area contributed by atoms with Gasteiger partial charge in [0.1, 0.15) is 0 Å². The summed E-state index contributed by atoms with van der Waals surface area (Å²) in [4.78, 5) is 18.4. The second-order valence-corrected chi connectivity index (χ2v) is 5.52. The highest BCUT2D eigenvalue weighted by atomic mass is 16.2. The van der Waals surface area contributed by atoms with Crippen LogP contribution in [0.2, 0.25) is 0 Å². The molecule has 2 aromatic rings. The predicted molar refractivity (Wildman–Crippen MR) is 78.5 cm³/mol. The Morgan fingerprint density at radius 3 is 3.00 bits per heavy atom. The highest BCUT2D eigenvalue weighted by Gasteiger charge is 2.23. The number of aromatic nitrogens is 4. The number of amides is 1. The van der Waals surface area contributed by atoms with Crippen LogP contribution in [0.4, 0.5) is 0 Å². The Kier molecular flexibility index (Phi) is 4.33. The van der Waals surface area contributed by atoms with Crippen LogP contribution in [-0.4, -0.2) is 43.2 Å². The minimum Gasteiger partial charge on any atom is -0.341 e. The maximum atomic E-state index is 12.3. The van der Waals surface area contributed by atoms with E-state index in [0.29, 0.717) is 12.5 Å². The molecule has 0 N–H and O–H groups in total. The summed E-state index contributed by atoms with van der Waals surface area (Å²) < 4.78 is 3.99. The fraction of sp³-hybridized carbons (Fsp3) is 0.533. The van der Waals surface area contributed by atoms with Gasteiger partial charge in [-0.1, -0.05) is 0 Å². The van der Waals surface area contributed by atoms with E-state index in [-0.39, 0.29) is 5.91 Å². The SMILES string of the molecule is O=C(CCCn1cccn1)N1CCCC(n2ccnc2)C1. The first-order valence-corrected chi connectivity index (χ1v) is 7.55. The molecule has 6 heteroatoms. The minimum atomic E-state index is 0.256. The summed E-state index contributed by atoms with van der Waals surface area (Å²) in [5, 5.41) is 4.15. The van der Waals surface area contributed by atoms with E-state index in [1.165, 1.54) is 0 Å². The lowest BCUT2D eigenvalue weighted by Crippen LogP contribution is -2.40. The summed E-state index contributed by atoms with van der Waals surface area (Å²) in [5.41, 5.74) is 0. The molecule has 1 aliphatic heterocycles. The molecule has 3 rings (SSSR count). The zero-order valence-corrected chi connectivity index (χ0v) is 12.1. The van der Waals surface area contributed by atoms with Gasteiger partial charge in [0.05, 0.1) is 12.4 Å². The number of hydrogen-bond donors (Lipinski definition) is 0. The van der Waals surface area contributed by atoms with E-state index < -0.39 is 0 Å². The van der Waals surface area contributed by atoms with Gasteiger partial charge in [0.2, 0.25) is 5.91 Å². The van der Waals surface area contributed by atoms with Crippen LogP contribution < -0.4 is 0 Å². The van der Waals surface area contributed by atoms with Crippen LogP contribution in [0.15, 0.2) is 37.2 Å². The van der Waals surface area contributed by atoms with Gasteiger partial charge in [0.15, 0.2) is 0 Å². The fourth-order valence-electron chi connectivity index (χ4n) is 2.89. The third kappa shape index (κ3) is 3.51. The summed E-state index contributed by atoms with van der Waals surface area (Å²) in [5.74, 6) is 0.256.